The van der Waals surface area contributed by atoms with Crippen LogP contribution in [0.25, 0.3) is 0 Å². The van der Waals surface area contributed by atoms with Crippen LogP contribution in [0.5, 0.6) is 11.5 Å². The Morgan fingerprint density at radius 2 is 1.85 bits per heavy atom. The van der Waals surface area contributed by atoms with Crippen molar-refractivity contribution in [3.63, 3.8) is 0 Å². The van der Waals surface area contributed by atoms with Crippen LogP contribution in [0.4, 0.5) is 0 Å². The number of hydrogen-bond acceptors (Lipinski definition) is 4. The zero-order chi connectivity index (χ0) is 14.7. The van der Waals surface area contributed by atoms with Crippen molar-refractivity contribution in [3.05, 3.63) is 45.8 Å². The highest BCUT2D eigenvalue weighted by molar-refractivity contribution is 9.10. The molecule has 0 amide bonds. The SMILES string of the molecule is CCc1ccc(C(O)c2cc(OC)c(OC)cc2Br)o1. The summed E-state index contributed by atoms with van der Waals surface area (Å²) in [5.74, 6) is 2.52. The standard InChI is InChI=1S/C15H17BrO4/c1-4-9-5-6-12(20-9)15(17)10-7-13(18-2)14(19-3)8-11(10)16/h5-8,15,17H,4H2,1-3H3. The van der Waals surface area contributed by atoms with Gasteiger partial charge in [-0.05, 0) is 24.3 Å². The number of benzene rings is 1. The number of aryl methyl sites for hydroxylation is 1. The molecule has 0 aliphatic rings. The average Bonchev–Trinajstić information content (AvgIpc) is 2.95. The van der Waals surface area contributed by atoms with Gasteiger partial charge in [-0.25, -0.2) is 0 Å². The fraction of sp³-hybridized carbons (Fsp3) is 0.333. The van der Waals surface area contributed by atoms with Crippen LogP contribution in [-0.2, 0) is 6.42 Å². The van der Waals surface area contributed by atoms with Gasteiger partial charge in [-0.2, -0.15) is 0 Å². The molecule has 1 atom stereocenters. The van der Waals surface area contributed by atoms with Crippen LogP contribution in [0.3, 0.4) is 0 Å². The first-order chi connectivity index (χ1) is 9.60. The summed E-state index contributed by atoms with van der Waals surface area (Å²) in [5, 5.41) is 10.4. The molecule has 0 fully saturated rings. The molecule has 0 radical (unpaired) electrons. The minimum atomic E-state index is -0.857. The van der Waals surface area contributed by atoms with Gasteiger partial charge in [0, 0.05) is 16.5 Å². The molecule has 4 nitrogen and oxygen atoms in total. The van der Waals surface area contributed by atoms with E-state index in [1.807, 2.05) is 13.0 Å². The number of aliphatic hydroxyl groups excluding tert-OH is 1. The summed E-state index contributed by atoms with van der Waals surface area (Å²) in [7, 11) is 3.13. The maximum absolute atomic E-state index is 10.4. The molecule has 0 aliphatic heterocycles. The first kappa shape index (κ1) is 14.9. The van der Waals surface area contributed by atoms with Gasteiger partial charge in [0.2, 0.25) is 0 Å². The van der Waals surface area contributed by atoms with Crippen LogP contribution in [0.1, 0.15) is 30.1 Å². The van der Waals surface area contributed by atoms with Crippen LogP contribution in [0.15, 0.2) is 33.2 Å². The quantitative estimate of drug-likeness (QED) is 0.901. The van der Waals surface area contributed by atoms with E-state index in [-0.39, 0.29) is 0 Å². The molecule has 0 aliphatic carbocycles. The fourth-order valence-electron chi connectivity index (χ4n) is 1.96. The lowest BCUT2D eigenvalue weighted by Crippen LogP contribution is -2.01. The van der Waals surface area contributed by atoms with Gasteiger partial charge in [-0.1, -0.05) is 22.9 Å². The lowest BCUT2D eigenvalue weighted by atomic mass is 10.1. The monoisotopic (exact) mass is 340 g/mol. The number of aliphatic hydroxyl groups is 1. The molecule has 0 spiro atoms. The predicted octanol–water partition coefficient (Wildman–Crippen LogP) is 3.70. The highest BCUT2D eigenvalue weighted by atomic mass is 79.9. The fourth-order valence-corrected chi connectivity index (χ4v) is 2.50. The molecular weight excluding hydrogens is 324 g/mol. The normalized spacial score (nSPS) is 12.2. The van der Waals surface area contributed by atoms with E-state index in [9.17, 15) is 5.11 Å². The van der Waals surface area contributed by atoms with E-state index in [0.717, 1.165) is 16.7 Å². The van der Waals surface area contributed by atoms with Crippen LogP contribution < -0.4 is 9.47 Å². The zero-order valence-electron chi connectivity index (χ0n) is 11.6. The lowest BCUT2D eigenvalue weighted by Gasteiger charge is -2.15. The Labute approximate surface area is 126 Å². The number of furan rings is 1. The van der Waals surface area contributed by atoms with Crippen molar-refractivity contribution in [2.45, 2.75) is 19.4 Å². The van der Waals surface area contributed by atoms with Crippen molar-refractivity contribution >= 4 is 15.9 Å². The molecule has 2 rings (SSSR count). The smallest absolute Gasteiger partial charge is 0.161 e. The van der Waals surface area contributed by atoms with Gasteiger partial charge in [-0.15, -0.1) is 0 Å². The molecule has 108 valence electrons. The molecule has 1 aromatic carbocycles. The highest BCUT2D eigenvalue weighted by Crippen LogP contribution is 2.38. The Hall–Kier alpha value is -1.46. The molecular formula is C15H17BrO4. The van der Waals surface area contributed by atoms with Crippen molar-refractivity contribution in [2.75, 3.05) is 14.2 Å². The Balaban J connectivity index is 2.40. The van der Waals surface area contributed by atoms with E-state index in [1.165, 1.54) is 0 Å². The van der Waals surface area contributed by atoms with E-state index in [1.54, 1.807) is 32.4 Å². The van der Waals surface area contributed by atoms with Crippen molar-refractivity contribution in [3.8, 4) is 11.5 Å². The van der Waals surface area contributed by atoms with Crippen LogP contribution >= 0.6 is 15.9 Å². The van der Waals surface area contributed by atoms with E-state index in [0.29, 0.717) is 22.8 Å². The number of rotatable bonds is 5. The van der Waals surface area contributed by atoms with Crippen LogP contribution in [0.2, 0.25) is 0 Å². The summed E-state index contributed by atoms with van der Waals surface area (Å²) >= 11 is 3.44. The van der Waals surface area contributed by atoms with Gasteiger partial charge < -0.3 is 19.0 Å². The average molecular weight is 341 g/mol. The van der Waals surface area contributed by atoms with Gasteiger partial charge >= 0.3 is 0 Å². The number of methoxy groups -OCH3 is 2. The lowest BCUT2D eigenvalue weighted by molar-refractivity contribution is 0.185. The maximum Gasteiger partial charge on any atom is 0.161 e. The molecule has 5 heteroatoms. The van der Waals surface area contributed by atoms with Gasteiger partial charge in [0.15, 0.2) is 11.5 Å². The summed E-state index contributed by atoms with van der Waals surface area (Å²) in [4.78, 5) is 0. The van der Waals surface area contributed by atoms with Gasteiger partial charge in [0.1, 0.15) is 17.6 Å². The summed E-state index contributed by atoms with van der Waals surface area (Å²) in [6.45, 7) is 2.00. The molecule has 0 bridgehead atoms. The van der Waals surface area contributed by atoms with Gasteiger partial charge in [0.25, 0.3) is 0 Å². The summed E-state index contributed by atoms with van der Waals surface area (Å²) in [6.07, 6.45) is -0.0655. The molecule has 1 heterocycles. The Morgan fingerprint density at radius 3 is 2.40 bits per heavy atom. The molecule has 0 saturated carbocycles. The first-order valence-corrected chi connectivity index (χ1v) is 7.08. The topological polar surface area (TPSA) is 51.8 Å². The Bertz CT molecular complexity index is 592. The van der Waals surface area contributed by atoms with Crippen molar-refractivity contribution in [2.24, 2.45) is 0 Å². The molecule has 1 N–H and O–H groups in total. The van der Waals surface area contributed by atoms with Gasteiger partial charge in [-0.3, -0.25) is 0 Å². The molecule has 1 unspecified atom stereocenters. The third kappa shape index (κ3) is 2.83. The summed E-state index contributed by atoms with van der Waals surface area (Å²) in [5.41, 5.74) is 0.666. The van der Waals surface area contributed by atoms with E-state index >= 15 is 0 Å². The number of ether oxygens (including phenoxy) is 2. The molecule has 0 saturated heterocycles. The third-order valence-electron chi connectivity index (χ3n) is 3.10. The van der Waals surface area contributed by atoms with Gasteiger partial charge in [0.05, 0.1) is 14.2 Å². The first-order valence-electron chi connectivity index (χ1n) is 6.28. The Morgan fingerprint density at radius 1 is 1.20 bits per heavy atom. The van der Waals surface area contributed by atoms with E-state index in [2.05, 4.69) is 15.9 Å². The largest absolute Gasteiger partial charge is 0.493 e. The van der Waals surface area contributed by atoms with Crippen molar-refractivity contribution in [1.82, 2.24) is 0 Å². The van der Waals surface area contributed by atoms with Crippen LogP contribution in [-0.4, -0.2) is 19.3 Å². The van der Waals surface area contributed by atoms with Crippen molar-refractivity contribution in [1.29, 1.82) is 0 Å². The maximum atomic E-state index is 10.4. The number of hydrogen-bond donors (Lipinski definition) is 1. The second kappa shape index (κ2) is 6.33. The second-order valence-electron chi connectivity index (χ2n) is 4.29. The Kier molecular flexibility index (Phi) is 4.73. The zero-order valence-corrected chi connectivity index (χ0v) is 13.2. The van der Waals surface area contributed by atoms with E-state index in [4.69, 9.17) is 13.9 Å². The van der Waals surface area contributed by atoms with Crippen molar-refractivity contribution < 1.29 is 19.0 Å². The second-order valence-corrected chi connectivity index (χ2v) is 5.14. The predicted molar refractivity (Wildman–Crippen MR) is 79.4 cm³/mol. The number of halogens is 1. The highest BCUT2D eigenvalue weighted by Gasteiger charge is 2.20. The third-order valence-corrected chi connectivity index (χ3v) is 3.78. The summed E-state index contributed by atoms with van der Waals surface area (Å²) < 4.78 is 16.8. The minimum Gasteiger partial charge on any atom is -0.493 e. The molecule has 2 aromatic rings. The van der Waals surface area contributed by atoms with Crippen LogP contribution in [0, 0.1) is 0 Å². The summed E-state index contributed by atoms with van der Waals surface area (Å²) in [6, 6.07) is 7.16. The molecule has 1 aromatic heterocycles. The molecule has 20 heavy (non-hydrogen) atoms. The minimum absolute atomic E-state index is 0.509. The van der Waals surface area contributed by atoms with E-state index < -0.39 is 6.10 Å².